The van der Waals surface area contributed by atoms with Crippen LogP contribution in [0.25, 0.3) is 0 Å². The van der Waals surface area contributed by atoms with Crippen molar-refractivity contribution in [2.75, 3.05) is 23.3 Å². The molecule has 0 aliphatic carbocycles. The van der Waals surface area contributed by atoms with E-state index < -0.39 is 21.8 Å². The fourth-order valence-corrected chi connectivity index (χ4v) is 1.64. The summed E-state index contributed by atoms with van der Waals surface area (Å²) in [6.45, 7) is -0.0833. The minimum absolute atomic E-state index is 0.0833. The molecule has 0 aromatic heterocycles. The molecule has 102 valence electrons. The van der Waals surface area contributed by atoms with E-state index in [1.165, 1.54) is 6.07 Å². The highest BCUT2D eigenvalue weighted by atomic mass is 32.2. The van der Waals surface area contributed by atoms with Gasteiger partial charge in [0.05, 0.1) is 11.3 Å². The van der Waals surface area contributed by atoms with Gasteiger partial charge in [-0.25, -0.2) is 13.6 Å². The first kappa shape index (κ1) is 14.6. The summed E-state index contributed by atoms with van der Waals surface area (Å²) in [5, 5.41) is 7.28. The predicted molar refractivity (Wildman–Crippen MR) is 62.3 cm³/mol. The second-order valence-electron chi connectivity index (χ2n) is 3.59. The second kappa shape index (κ2) is 5.02. The van der Waals surface area contributed by atoms with E-state index in [-0.39, 0.29) is 23.7 Å². The third kappa shape index (κ3) is 4.41. The van der Waals surface area contributed by atoms with Crippen molar-refractivity contribution in [2.24, 2.45) is 5.14 Å². The van der Waals surface area contributed by atoms with Gasteiger partial charge in [-0.05, 0) is 18.2 Å². The highest BCUT2D eigenvalue weighted by Gasteiger charge is 2.33. The lowest BCUT2D eigenvalue weighted by Gasteiger charge is -2.12. The Balaban J connectivity index is 2.80. The molecule has 0 saturated carbocycles. The van der Waals surface area contributed by atoms with Crippen molar-refractivity contribution in [2.45, 2.75) is 6.18 Å². The first-order valence-electron chi connectivity index (χ1n) is 4.80. The maximum atomic E-state index is 12.5. The number of nitrogens with one attached hydrogen (secondary N) is 1. The van der Waals surface area contributed by atoms with Gasteiger partial charge in [0, 0.05) is 17.9 Å². The van der Waals surface area contributed by atoms with Gasteiger partial charge in [0.15, 0.2) is 0 Å². The fourth-order valence-electron chi connectivity index (χ4n) is 1.25. The largest absolute Gasteiger partial charge is 0.418 e. The van der Waals surface area contributed by atoms with Gasteiger partial charge in [-0.3, -0.25) is 0 Å². The quantitative estimate of drug-likeness (QED) is 0.718. The van der Waals surface area contributed by atoms with Crippen molar-refractivity contribution in [3.05, 3.63) is 23.8 Å². The lowest BCUT2D eigenvalue weighted by Crippen LogP contribution is -2.22. The molecular formula is C9H12F3N3O2S. The van der Waals surface area contributed by atoms with Crippen LogP contribution >= 0.6 is 0 Å². The number of nitrogen functional groups attached to an aromatic ring is 1. The molecule has 0 radical (unpaired) electrons. The van der Waals surface area contributed by atoms with Crippen molar-refractivity contribution in [1.82, 2.24) is 0 Å². The molecule has 0 saturated heterocycles. The average Bonchev–Trinajstić information content (AvgIpc) is 2.17. The number of hydrogen-bond acceptors (Lipinski definition) is 4. The second-order valence-corrected chi connectivity index (χ2v) is 5.33. The molecular weight excluding hydrogens is 271 g/mol. The van der Waals surface area contributed by atoms with Gasteiger partial charge in [0.2, 0.25) is 10.0 Å². The highest BCUT2D eigenvalue weighted by molar-refractivity contribution is 7.89. The molecule has 0 bridgehead atoms. The van der Waals surface area contributed by atoms with Crippen LogP contribution in [0.2, 0.25) is 0 Å². The number of sulfonamides is 1. The summed E-state index contributed by atoms with van der Waals surface area (Å²) in [7, 11) is -3.65. The van der Waals surface area contributed by atoms with Crippen molar-refractivity contribution < 1.29 is 21.6 Å². The number of nitrogens with two attached hydrogens (primary N) is 2. The molecule has 1 aromatic rings. The van der Waals surface area contributed by atoms with E-state index in [0.717, 1.165) is 12.1 Å². The Kier molecular flexibility index (Phi) is 4.07. The smallest absolute Gasteiger partial charge is 0.398 e. The summed E-state index contributed by atoms with van der Waals surface area (Å²) in [5.74, 6) is -0.376. The molecule has 5 nitrogen and oxygen atoms in total. The average molecular weight is 283 g/mol. The number of anilines is 2. The normalized spacial score (nSPS) is 12.4. The van der Waals surface area contributed by atoms with Gasteiger partial charge in [0.1, 0.15) is 0 Å². The van der Waals surface area contributed by atoms with Gasteiger partial charge in [0.25, 0.3) is 0 Å². The van der Waals surface area contributed by atoms with E-state index in [1.807, 2.05) is 0 Å². The van der Waals surface area contributed by atoms with Gasteiger partial charge in [-0.2, -0.15) is 13.2 Å². The molecule has 0 amide bonds. The van der Waals surface area contributed by atoms with Crippen LogP contribution < -0.4 is 16.2 Å². The van der Waals surface area contributed by atoms with Gasteiger partial charge in [-0.15, -0.1) is 0 Å². The Bertz CT molecular complexity index is 528. The number of primary sulfonamides is 1. The summed E-state index contributed by atoms with van der Waals surface area (Å²) < 4.78 is 58.8. The first-order chi connectivity index (χ1) is 8.09. The summed E-state index contributed by atoms with van der Waals surface area (Å²) in [5.41, 5.74) is 3.98. The van der Waals surface area contributed by atoms with Crippen molar-refractivity contribution in [3.63, 3.8) is 0 Å². The zero-order chi connectivity index (χ0) is 14.0. The van der Waals surface area contributed by atoms with Crippen molar-refractivity contribution in [1.29, 1.82) is 0 Å². The highest BCUT2D eigenvalue weighted by Crippen LogP contribution is 2.34. The third-order valence-electron chi connectivity index (χ3n) is 2.07. The fraction of sp³-hybridized carbons (Fsp3) is 0.333. The summed E-state index contributed by atoms with van der Waals surface area (Å²) in [6.07, 6.45) is -4.55. The Morgan fingerprint density at radius 2 is 1.89 bits per heavy atom. The summed E-state index contributed by atoms with van der Waals surface area (Å²) >= 11 is 0. The van der Waals surface area contributed by atoms with E-state index in [0.29, 0.717) is 0 Å². The van der Waals surface area contributed by atoms with Crippen LogP contribution in [0.5, 0.6) is 0 Å². The number of alkyl halides is 3. The van der Waals surface area contributed by atoms with Crippen LogP contribution in [-0.4, -0.2) is 20.7 Å². The van der Waals surface area contributed by atoms with E-state index in [1.54, 1.807) is 0 Å². The summed E-state index contributed by atoms with van der Waals surface area (Å²) in [4.78, 5) is 0. The van der Waals surface area contributed by atoms with Gasteiger partial charge >= 0.3 is 6.18 Å². The van der Waals surface area contributed by atoms with E-state index in [9.17, 15) is 21.6 Å². The topological polar surface area (TPSA) is 98.2 Å². The monoisotopic (exact) mass is 283 g/mol. The minimum atomic E-state index is -4.55. The van der Waals surface area contributed by atoms with Crippen molar-refractivity contribution in [3.8, 4) is 0 Å². The molecule has 0 heterocycles. The Morgan fingerprint density at radius 3 is 2.39 bits per heavy atom. The van der Waals surface area contributed by atoms with Crippen molar-refractivity contribution >= 4 is 21.4 Å². The van der Waals surface area contributed by atoms with E-state index in [4.69, 9.17) is 10.9 Å². The number of halogens is 3. The molecule has 18 heavy (non-hydrogen) atoms. The van der Waals surface area contributed by atoms with Gasteiger partial charge < -0.3 is 11.1 Å². The molecule has 0 fully saturated rings. The zero-order valence-electron chi connectivity index (χ0n) is 9.16. The van der Waals surface area contributed by atoms with E-state index >= 15 is 0 Å². The molecule has 0 spiro atoms. The lowest BCUT2D eigenvalue weighted by molar-refractivity contribution is -0.136. The molecule has 0 aliphatic heterocycles. The van der Waals surface area contributed by atoms with E-state index in [2.05, 4.69) is 5.32 Å². The molecule has 0 unspecified atom stereocenters. The maximum Gasteiger partial charge on any atom is 0.418 e. The summed E-state index contributed by atoms with van der Waals surface area (Å²) in [6, 6.07) is 3.24. The van der Waals surface area contributed by atoms with Crippen LogP contribution in [0.3, 0.4) is 0 Å². The Morgan fingerprint density at radius 1 is 1.28 bits per heavy atom. The van der Waals surface area contributed by atoms with Crippen LogP contribution in [0.1, 0.15) is 5.56 Å². The van der Waals surface area contributed by atoms with Crippen LogP contribution in [0.4, 0.5) is 24.5 Å². The molecule has 1 aromatic carbocycles. The number of hydrogen-bond donors (Lipinski definition) is 3. The molecule has 9 heteroatoms. The Labute approximate surface area is 102 Å². The van der Waals surface area contributed by atoms with Crippen LogP contribution in [-0.2, 0) is 16.2 Å². The minimum Gasteiger partial charge on any atom is -0.398 e. The number of rotatable bonds is 4. The lowest BCUT2D eigenvalue weighted by atomic mass is 10.1. The SMILES string of the molecule is Nc1ccc(NCCS(N)(=O)=O)cc1C(F)(F)F. The molecule has 5 N–H and O–H groups in total. The standard InChI is InChI=1S/C9H12F3N3O2S/c10-9(11,12)7-5-6(1-2-8(7)13)15-3-4-18(14,16)17/h1-2,5,15H,3-4,13H2,(H2,14,16,17). The Hall–Kier alpha value is -1.48. The first-order valence-corrected chi connectivity index (χ1v) is 6.52. The van der Waals surface area contributed by atoms with Crippen LogP contribution in [0, 0.1) is 0 Å². The van der Waals surface area contributed by atoms with Crippen LogP contribution in [0.15, 0.2) is 18.2 Å². The zero-order valence-corrected chi connectivity index (χ0v) is 9.98. The maximum absolute atomic E-state index is 12.5. The molecule has 0 aliphatic rings. The predicted octanol–water partition coefficient (Wildman–Crippen LogP) is 0.988. The number of benzene rings is 1. The van der Waals surface area contributed by atoms with Gasteiger partial charge in [-0.1, -0.05) is 0 Å². The third-order valence-corrected chi connectivity index (χ3v) is 2.85. The molecule has 1 rings (SSSR count). The molecule has 0 atom stereocenters.